The molecule has 4 aromatic heterocycles. The molecule has 13 heteroatoms. The molecule has 0 saturated heterocycles. The smallest absolute Gasteiger partial charge is 0.422 e. The molecular formula is C26H16BCuF4N7. The molecule has 6 rings (SSSR count). The molecule has 197 valence electrons. The number of benzene rings is 2. The minimum atomic E-state index is -6.00. The number of hydrogen-bond acceptors (Lipinski definition) is 6. The molecule has 0 N–H and O–H groups in total. The summed E-state index contributed by atoms with van der Waals surface area (Å²) in [4.78, 5) is 20.0. The number of rotatable bonds is 0. The predicted octanol–water partition coefficient (Wildman–Crippen LogP) is 7.07. The van der Waals surface area contributed by atoms with E-state index >= 15 is 0 Å². The number of nitrogens with zero attached hydrogens (tertiary/aromatic N) is 7. The first-order chi connectivity index (χ1) is 18.3. The van der Waals surface area contributed by atoms with Gasteiger partial charge in [-0.05, 0) is 24.3 Å². The molecule has 0 atom stereocenters. The zero-order chi connectivity index (χ0) is 27.4. The van der Waals surface area contributed by atoms with Gasteiger partial charge >= 0.3 is 24.3 Å². The minimum Gasteiger partial charge on any atom is -0.422 e. The van der Waals surface area contributed by atoms with E-state index in [0.717, 1.165) is 43.6 Å². The maximum atomic E-state index is 9.75. The van der Waals surface area contributed by atoms with Gasteiger partial charge in [0, 0.05) is 46.3 Å². The third-order valence-corrected chi connectivity index (χ3v) is 4.79. The van der Waals surface area contributed by atoms with Gasteiger partial charge in [0.1, 0.15) is 0 Å². The van der Waals surface area contributed by atoms with E-state index in [0.29, 0.717) is 0 Å². The number of halogens is 4. The van der Waals surface area contributed by atoms with Gasteiger partial charge in [-0.3, -0.25) is 19.9 Å². The maximum Gasteiger partial charge on any atom is 2.00 e. The van der Waals surface area contributed by atoms with Crippen LogP contribution in [0.3, 0.4) is 0 Å². The number of aromatic nitrogens is 4. The predicted molar refractivity (Wildman–Crippen MR) is 141 cm³/mol. The Morgan fingerprint density at radius 2 is 0.846 bits per heavy atom. The van der Waals surface area contributed by atoms with Crippen molar-refractivity contribution in [1.29, 1.82) is 5.26 Å². The van der Waals surface area contributed by atoms with E-state index in [1.54, 1.807) is 24.8 Å². The molecule has 7 nitrogen and oxygen atoms in total. The van der Waals surface area contributed by atoms with Crippen LogP contribution < -0.4 is 0 Å². The van der Waals surface area contributed by atoms with Crippen LogP contribution in [0.25, 0.3) is 49.0 Å². The van der Waals surface area contributed by atoms with Crippen LogP contribution in [0, 0.1) is 11.5 Å². The Morgan fingerprint density at radius 1 is 0.590 bits per heavy atom. The van der Waals surface area contributed by atoms with Crippen LogP contribution in [0.2, 0.25) is 0 Å². The van der Waals surface area contributed by atoms with E-state index in [1.165, 1.54) is 12.2 Å². The van der Waals surface area contributed by atoms with E-state index in [2.05, 4.69) is 73.5 Å². The summed E-state index contributed by atoms with van der Waals surface area (Å²) in [5.74, 6) is 0. The third kappa shape index (κ3) is 9.25. The van der Waals surface area contributed by atoms with Crippen molar-refractivity contribution in [1.82, 2.24) is 19.9 Å². The van der Waals surface area contributed by atoms with Crippen LogP contribution in [0.15, 0.2) is 103 Å². The van der Waals surface area contributed by atoms with Gasteiger partial charge in [0.15, 0.2) is 0 Å². The first-order valence-electron chi connectivity index (χ1n) is 10.8. The van der Waals surface area contributed by atoms with Gasteiger partial charge in [-0.25, -0.2) is 0 Å². The van der Waals surface area contributed by atoms with Crippen molar-refractivity contribution in [3.8, 4) is 6.19 Å². The summed E-state index contributed by atoms with van der Waals surface area (Å²) in [6, 6.07) is 25.6. The molecule has 0 bridgehead atoms. The van der Waals surface area contributed by atoms with Crippen LogP contribution in [0.1, 0.15) is 0 Å². The van der Waals surface area contributed by atoms with Crippen molar-refractivity contribution in [3.05, 3.63) is 103 Å². The summed E-state index contributed by atoms with van der Waals surface area (Å²) in [5, 5.41) is 19.4. The molecule has 2 aromatic carbocycles. The van der Waals surface area contributed by atoms with Crippen molar-refractivity contribution >= 4 is 56.9 Å². The summed E-state index contributed by atoms with van der Waals surface area (Å²) in [5.41, 5.74) is 3.91. The molecule has 1 radical (unpaired) electrons. The first kappa shape index (κ1) is 30.5. The van der Waals surface area contributed by atoms with Gasteiger partial charge in [-0.15, -0.1) is 6.01 Å². The molecule has 39 heavy (non-hydrogen) atoms. The molecule has 0 spiro atoms. The quantitative estimate of drug-likeness (QED) is 0.0631. The summed E-state index contributed by atoms with van der Waals surface area (Å²) in [6.07, 6.45) is 8.49. The Kier molecular flexibility index (Phi) is 11.6. The Morgan fingerprint density at radius 3 is 1.03 bits per heavy atom. The molecule has 0 aliphatic carbocycles. The molecule has 0 saturated carbocycles. The fourth-order valence-corrected chi connectivity index (χ4v) is 3.38. The van der Waals surface area contributed by atoms with Crippen LogP contribution in [-0.2, 0) is 17.1 Å². The van der Waals surface area contributed by atoms with Crippen molar-refractivity contribution in [2.45, 2.75) is 0 Å². The fraction of sp³-hybridized carbons (Fsp3) is 0. The summed E-state index contributed by atoms with van der Waals surface area (Å²) >= 11 is 0. The molecule has 0 amide bonds. The normalized spacial score (nSPS) is 9.82. The van der Waals surface area contributed by atoms with E-state index in [-0.39, 0.29) is 17.1 Å². The fourth-order valence-electron chi connectivity index (χ4n) is 3.38. The zero-order valence-corrected chi connectivity index (χ0v) is 20.7. The minimum absolute atomic E-state index is 0. The molecule has 4 heterocycles. The van der Waals surface area contributed by atoms with E-state index in [9.17, 15) is 17.3 Å². The second-order valence-corrected chi connectivity index (χ2v) is 7.24. The zero-order valence-electron chi connectivity index (χ0n) is 19.8. The van der Waals surface area contributed by atoms with Gasteiger partial charge in [0.05, 0.1) is 28.3 Å². The van der Waals surface area contributed by atoms with Crippen LogP contribution in [0.5, 0.6) is 0 Å². The first-order valence-corrected chi connectivity index (χ1v) is 10.8. The van der Waals surface area contributed by atoms with Gasteiger partial charge < -0.3 is 27.7 Å². The van der Waals surface area contributed by atoms with Crippen molar-refractivity contribution < 1.29 is 34.3 Å². The van der Waals surface area contributed by atoms with Crippen LogP contribution >= 0.6 is 0 Å². The number of fused-ring (bicyclic) bond motifs is 6. The Balaban J connectivity index is 0.000000202. The summed E-state index contributed by atoms with van der Waals surface area (Å²) in [7, 11) is -6.00. The molecule has 0 fully saturated rings. The topological polar surface area (TPSA) is 110 Å². The van der Waals surface area contributed by atoms with Gasteiger partial charge in [-0.1, -0.05) is 48.5 Å². The Labute approximate surface area is 230 Å². The standard InChI is InChI=1S/2C12H8N2.C2N3.BF4.Cu/c2*1-3-9-5-6-10-4-2-8-14-12(10)11(9)13-7-1;3-1-5-2-4;2-1(3,4)5;/h2*1-8H;;;/q;;2*-1;+2. The molecule has 0 aliphatic rings. The molecule has 0 unspecified atom stereocenters. The number of nitriles is 1. The number of hydrogen-bond donors (Lipinski definition) is 0. The molecule has 6 aromatic rings. The molecule has 0 aliphatic heterocycles. The average Bonchev–Trinajstić information content (AvgIpc) is 2.93. The summed E-state index contributed by atoms with van der Waals surface area (Å²) < 4.78 is 39.0. The second-order valence-electron chi connectivity index (χ2n) is 7.24. The van der Waals surface area contributed by atoms with E-state index < -0.39 is 7.25 Å². The van der Waals surface area contributed by atoms with E-state index in [4.69, 9.17) is 10.7 Å². The van der Waals surface area contributed by atoms with Crippen molar-refractivity contribution in [3.63, 3.8) is 0 Å². The monoisotopic (exact) mass is 576 g/mol. The van der Waals surface area contributed by atoms with Gasteiger partial charge in [-0.2, -0.15) is 5.26 Å². The second kappa shape index (κ2) is 14.9. The van der Waals surface area contributed by atoms with Crippen LogP contribution in [-0.4, -0.2) is 33.2 Å². The van der Waals surface area contributed by atoms with Gasteiger partial charge in [0.25, 0.3) is 0 Å². The third-order valence-electron chi connectivity index (χ3n) is 4.79. The Bertz CT molecular complexity index is 1540. The Hall–Kier alpha value is -4.75. The summed E-state index contributed by atoms with van der Waals surface area (Å²) in [6.45, 7) is 0. The molecular weight excluding hydrogens is 561 g/mol. The number of pyridine rings is 4. The van der Waals surface area contributed by atoms with Gasteiger partial charge in [0.2, 0.25) is 0 Å². The maximum absolute atomic E-state index is 9.75. The largest absolute Gasteiger partial charge is 2.00 e. The van der Waals surface area contributed by atoms with Crippen molar-refractivity contribution in [2.24, 2.45) is 4.99 Å². The average molecular weight is 577 g/mol. The number of aliphatic imine (C=N–C) groups is 1. The van der Waals surface area contributed by atoms with Crippen LogP contribution in [0.4, 0.5) is 17.3 Å². The SMILES string of the molecule is F[B-](F)(F)F.N#CN=C=[N-].[Cu+2].c1cnc2c(c1)ccc1cccnc12.c1cnc2c(c1)ccc1cccnc12. The van der Waals surface area contributed by atoms with Crippen molar-refractivity contribution in [2.75, 3.05) is 0 Å². The van der Waals surface area contributed by atoms with E-state index in [1.807, 2.05) is 24.3 Å².